The Bertz CT molecular complexity index is 2870. The summed E-state index contributed by atoms with van der Waals surface area (Å²) in [7, 11) is -2.83. The van der Waals surface area contributed by atoms with Gasteiger partial charge in [-0.2, -0.15) is 0 Å². The minimum atomic E-state index is -2.83. The van der Waals surface area contributed by atoms with E-state index in [2.05, 4.69) is 216 Å². The number of hydrogen-bond acceptors (Lipinski definition) is 1. The Morgan fingerprint density at radius 3 is 1.33 bits per heavy atom. The van der Waals surface area contributed by atoms with Gasteiger partial charge in [0.25, 0.3) is 0 Å². The van der Waals surface area contributed by atoms with Crippen LogP contribution < -0.4 is 25.6 Å². The summed E-state index contributed by atoms with van der Waals surface area (Å²) in [5.41, 5.74) is 8.58. The van der Waals surface area contributed by atoms with Crippen LogP contribution in [0.3, 0.4) is 0 Å². The van der Waals surface area contributed by atoms with Gasteiger partial charge in [-0.15, -0.1) is 0 Å². The molecule has 4 heteroatoms. The van der Waals surface area contributed by atoms with Crippen LogP contribution in [0.5, 0.6) is 0 Å². The van der Waals surface area contributed by atoms with Crippen molar-refractivity contribution in [3.8, 4) is 16.8 Å². The molecule has 0 radical (unpaired) electrons. The van der Waals surface area contributed by atoms with Gasteiger partial charge in [-0.25, -0.2) is 4.39 Å². The van der Waals surface area contributed by atoms with Gasteiger partial charge < -0.3 is 9.47 Å². The van der Waals surface area contributed by atoms with E-state index >= 15 is 0 Å². The molecule has 10 aromatic rings. The van der Waals surface area contributed by atoms with Gasteiger partial charge in [-0.1, -0.05) is 164 Å². The Kier molecular flexibility index (Phi) is 9.09. The average Bonchev–Trinajstić information content (AvgIpc) is 3.62. The Labute approximate surface area is 339 Å². The summed E-state index contributed by atoms with van der Waals surface area (Å²) >= 11 is 0. The molecule has 0 spiro atoms. The zero-order valence-electron chi connectivity index (χ0n) is 31.8. The quantitative estimate of drug-likeness (QED) is 0.105. The Morgan fingerprint density at radius 2 is 0.776 bits per heavy atom. The predicted molar refractivity (Wildman–Crippen MR) is 244 cm³/mol. The molecule has 1 heterocycles. The zero-order chi connectivity index (χ0) is 38.9. The standard InChI is InChI=1S/C54H39FN2Si/c55-42-28-32-45(33-29-42)57-53-36-34-46(56(43-18-8-2-9-19-43)44-30-26-41(27-31-44)40-16-6-1-7-17-40)38-51(53)52-39-50(35-37-54(52)57)58(47-20-10-3-11-21-47,48-22-12-4-13-23-48)49-24-14-5-15-25-49/h1-39H. The van der Waals surface area contributed by atoms with E-state index in [1.54, 1.807) is 12.1 Å². The van der Waals surface area contributed by atoms with Crippen molar-refractivity contribution < 1.29 is 4.39 Å². The monoisotopic (exact) mass is 762 g/mol. The van der Waals surface area contributed by atoms with Crippen molar-refractivity contribution in [2.24, 2.45) is 0 Å². The highest BCUT2D eigenvalue weighted by Gasteiger charge is 2.41. The first-order valence-electron chi connectivity index (χ1n) is 19.7. The molecular weight excluding hydrogens is 724 g/mol. The fraction of sp³-hybridized carbons (Fsp3) is 0. The minimum absolute atomic E-state index is 0.254. The molecule has 0 aliphatic carbocycles. The lowest BCUT2D eigenvalue weighted by Gasteiger charge is -2.34. The molecule has 2 nitrogen and oxygen atoms in total. The highest BCUT2D eigenvalue weighted by atomic mass is 28.3. The Hall–Kier alpha value is -7.27. The summed E-state index contributed by atoms with van der Waals surface area (Å²) in [5.74, 6) is -0.254. The Morgan fingerprint density at radius 1 is 0.345 bits per heavy atom. The van der Waals surface area contributed by atoms with Crippen LogP contribution in [0.4, 0.5) is 21.5 Å². The van der Waals surface area contributed by atoms with Crippen molar-refractivity contribution in [3.05, 3.63) is 242 Å². The Balaban J connectivity index is 1.24. The van der Waals surface area contributed by atoms with Crippen LogP contribution in [-0.4, -0.2) is 12.6 Å². The summed E-state index contributed by atoms with van der Waals surface area (Å²) < 4.78 is 16.7. The molecule has 276 valence electrons. The molecular formula is C54H39FN2Si. The lowest BCUT2D eigenvalue weighted by molar-refractivity contribution is 0.627. The van der Waals surface area contributed by atoms with E-state index in [9.17, 15) is 4.39 Å². The maximum atomic E-state index is 14.4. The van der Waals surface area contributed by atoms with Crippen LogP contribution in [0.15, 0.2) is 237 Å². The van der Waals surface area contributed by atoms with Gasteiger partial charge in [0.15, 0.2) is 8.07 Å². The fourth-order valence-corrected chi connectivity index (χ4v) is 13.5. The lowest BCUT2D eigenvalue weighted by atomic mass is 10.0. The number of anilines is 3. The van der Waals surface area contributed by atoms with E-state index in [4.69, 9.17) is 0 Å². The molecule has 58 heavy (non-hydrogen) atoms. The van der Waals surface area contributed by atoms with E-state index < -0.39 is 8.07 Å². The SMILES string of the molecule is Fc1ccc(-n2c3ccc(N(c4ccccc4)c4ccc(-c5ccccc5)cc4)cc3c3cc([Si](c4ccccc4)(c4ccccc4)c4ccccc4)ccc32)cc1. The van der Waals surface area contributed by atoms with Gasteiger partial charge in [0.2, 0.25) is 0 Å². The summed E-state index contributed by atoms with van der Waals surface area (Å²) in [6, 6.07) is 83.7. The molecule has 0 atom stereocenters. The van der Waals surface area contributed by atoms with Gasteiger partial charge in [0.1, 0.15) is 5.82 Å². The third-order valence-electron chi connectivity index (χ3n) is 11.4. The van der Waals surface area contributed by atoms with Crippen molar-refractivity contribution in [1.29, 1.82) is 0 Å². The summed E-state index contributed by atoms with van der Waals surface area (Å²) in [4.78, 5) is 2.33. The van der Waals surface area contributed by atoms with Crippen LogP contribution >= 0.6 is 0 Å². The first-order chi connectivity index (χ1) is 28.7. The minimum Gasteiger partial charge on any atom is -0.310 e. The highest BCUT2D eigenvalue weighted by Crippen LogP contribution is 2.40. The molecule has 0 bridgehead atoms. The van der Waals surface area contributed by atoms with Gasteiger partial charge in [0, 0.05) is 33.5 Å². The van der Waals surface area contributed by atoms with Gasteiger partial charge in [-0.3, -0.25) is 0 Å². The molecule has 1 aromatic heterocycles. The van der Waals surface area contributed by atoms with Crippen molar-refractivity contribution in [2.45, 2.75) is 0 Å². The fourth-order valence-electron chi connectivity index (χ4n) is 8.77. The summed E-state index contributed by atoms with van der Waals surface area (Å²) in [5, 5.41) is 7.53. The molecule has 0 saturated carbocycles. The number of fused-ring (bicyclic) bond motifs is 3. The van der Waals surface area contributed by atoms with Crippen molar-refractivity contribution >= 4 is 67.7 Å². The molecule has 9 aromatic carbocycles. The first kappa shape index (κ1) is 35.2. The van der Waals surface area contributed by atoms with Gasteiger partial charge in [0.05, 0.1) is 11.0 Å². The highest BCUT2D eigenvalue weighted by molar-refractivity contribution is 7.20. The smallest absolute Gasteiger partial charge is 0.179 e. The maximum Gasteiger partial charge on any atom is 0.179 e. The van der Waals surface area contributed by atoms with Gasteiger partial charge >= 0.3 is 0 Å². The number of aromatic nitrogens is 1. The average molecular weight is 763 g/mol. The number of para-hydroxylation sites is 1. The first-order valence-corrected chi connectivity index (χ1v) is 21.7. The lowest BCUT2D eigenvalue weighted by Crippen LogP contribution is -2.74. The van der Waals surface area contributed by atoms with E-state index in [1.165, 1.54) is 31.9 Å². The van der Waals surface area contributed by atoms with Gasteiger partial charge in [-0.05, 0) is 105 Å². The molecule has 10 rings (SSSR count). The maximum absolute atomic E-state index is 14.4. The van der Waals surface area contributed by atoms with Crippen LogP contribution in [0.25, 0.3) is 38.6 Å². The molecule has 0 N–H and O–H groups in total. The van der Waals surface area contributed by atoms with E-state index in [0.29, 0.717) is 0 Å². The zero-order valence-corrected chi connectivity index (χ0v) is 32.8. The predicted octanol–water partition coefficient (Wildman–Crippen LogP) is 11.4. The molecule has 0 saturated heterocycles. The second kappa shape index (κ2) is 15.0. The van der Waals surface area contributed by atoms with E-state index in [-0.39, 0.29) is 5.82 Å². The van der Waals surface area contributed by atoms with Crippen molar-refractivity contribution in [3.63, 3.8) is 0 Å². The number of rotatable bonds is 9. The number of benzene rings is 9. The van der Waals surface area contributed by atoms with Crippen LogP contribution in [0.2, 0.25) is 0 Å². The third-order valence-corrected chi connectivity index (χ3v) is 16.2. The number of nitrogens with zero attached hydrogens (tertiary/aromatic N) is 2. The second-order valence-electron chi connectivity index (χ2n) is 14.7. The number of halogens is 1. The molecule has 0 aliphatic rings. The molecule has 0 unspecified atom stereocenters. The molecule has 0 amide bonds. The normalized spacial score (nSPS) is 11.5. The van der Waals surface area contributed by atoms with Crippen LogP contribution in [0.1, 0.15) is 0 Å². The molecule has 0 aliphatic heterocycles. The largest absolute Gasteiger partial charge is 0.310 e. The molecule has 0 fully saturated rings. The number of hydrogen-bond donors (Lipinski definition) is 0. The summed E-state index contributed by atoms with van der Waals surface area (Å²) in [6.07, 6.45) is 0. The topological polar surface area (TPSA) is 8.17 Å². The third kappa shape index (κ3) is 6.11. The van der Waals surface area contributed by atoms with Crippen molar-refractivity contribution in [2.75, 3.05) is 4.90 Å². The second-order valence-corrected chi connectivity index (χ2v) is 18.5. The van der Waals surface area contributed by atoms with Crippen LogP contribution in [-0.2, 0) is 0 Å². The van der Waals surface area contributed by atoms with Crippen molar-refractivity contribution in [1.82, 2.24) is 4.57 Å². The summed E-state index contributed by atoms with van der Waals surface area (Å²) in [6.45, 7) is 0. The van der Waals surface area contributed by atoms with Crippen LogP contribution in [0, 0.1) is 5.82 Å². The van der Waals surface area contributed by atoms with E-state index in [0.717, 1.165) is 44.6 Å². The van der Waals surface area contributed by atoms with E-state index in [1.807, 2.05) is 18.2 Å².